The Hall–Kier alpha value is -2.37. The first kappa shape index (κ1) is 11.1. The number of rotatable bonds is 3. The highest BCUT2D eigenvalue weighted by Crippen LogP contribution is 2.10. The van der Waals surface area contributed by atoms with Gasteiger partial charge < -0.3 is 9.64 Å². The van der Waals surface area contributed by atoms with Gasteiger partial charge in [0.2, 0.25) is 0 Å². The second-order valence-electron chi connectivity index (χ2n) is 3.47. The lowest BCUT2D eigenvalue weighted by Crippen LogP contribution is -2.29. The van der Waals surface area contributed by atoms with Crippen molar-refractivity contribution in [3.63, 3.8) is 0 Å². The van der Waals surface area contributed by atoms with Crippen molar-refractivity contribution in [2.45, 2.75) is 6.54 Å². The minimum absolute atomic E-state index is 0.325. The molecule has 0 bridgehead atoms. The molecule has 6 nitrogen and oxygen atoms in total. The molecule has 0 radical (unpaired) electrons. The molecule has 1 amide bonds. The van der Waals surface area contributed by atoms with Crippen LogP contribution in [0.3, 0.4) is 0 Å². The molecule has 0 aliphatic heterocycles. The van der Waals surface area contributed by atoms with Gasteiger partial charge in [-0.1, -0.05) is 18.2 Å². The summed E-state index contributed by atoms with van der Waals surface area (Å²) < 4.78 is 5.15. The van der Waals surface area contributed by atoms with Gasteiger partial charge in [-0.15, -0.1) is 0 Å². The van der Waals surface area contributed by atoms with Crippen LogP contribution in [0.2, 0.25) is 0 Å². The van der Waals surface area contributed by atoms with Crippen LogP contribution < -0.4 is 4.74 Å². The second kappa shape index (κ2) is 5.11. The van der Waals surface area contributed by atoms with E-state index in [1.54, 1.807) is 31.3 Å². The quantitative estimate of drug-likeness (QED) is 0.869. The molecule has 0 spiro atoms. The van der Waals surface area contributed by atoms with Crippen molar-refractivity contribution in [1.82, 2.24) is 20.1 Å². The molecular weight excluding hydrogens is 220 g/mol. The Labute approximate surface area is 98.2 Å². The van der Waals surface area contributed by atoms with E-state index < -0.39 is 6.09 Å². The summed E-state index contributed by atoms with van der Waals surface area (Å²) in [4.78, 5) is 17.0. The first-order valence-corrected chi connectivity index (χ1v) is 5.08. The highest BCUT2D eigenvalue weighted by Gasteiger charge is 2.12. The zero-order valence-electron chi connectivity index (χ0n) is 9.33. The molecule has 0 aliphatic carbocycles. The number of hydrogen-bond donors (Lipinski definition) is 1. The van der Waals surface area contributed by atoms with Crippen LogP contribution in [-0.4, -0.2) is 33.2 Å². The maximum absolute atomic E-state index is 11.7. The molecule has 88 valence electrons. The van der Waals surface area contributed by atoms with Gasteiger partial charge in [0, 0.05) is 7.05 Å². The van der Waals surface area contributed by atoms with E-state index in [2.05, 4.69) is 15.2 Å². The monoisotopic (exact) mass is 232 g/mol. The van der Waals surface area contributed by atoms with E-state index in [0.717, 1.165) is 0 Å². The van der Waals surface area contributed by atoms with Gasteiger partial charge in [0.05, 0.1) is 6.54 Å². The van der Waals surface area contributed by atoms with E-state index in [4.69, 9.17) is 4.74 Å². The number of H-pyrrole nitrogens is 1. The molecule has 0 unspecified atom stereocenters. The summed E-state index contributed by atoms with van der Waals surface area (Å²) in [5.74, 6) is 1.12. The first-order valence-electron chi connectivity index (χ1n) is 5.08. The van der Waals surface area contributed by atoms with Crippen LogP contribution in [0.1, 0.15) is 5.82 Å². The average Bonchev–Trinajstić information content (AvgIpc) is 2.83. The van der Waals surface area contributed by atoms with Crippen LogP contribution in [0.25, 0.3) is 0 Å². The molecule has 1 N–H and O–H groups in total. The van der Waals surface area contributed by atoms with E-state index in [1.165, 1.54) is 11.2 Å². The largest absolute Gasteiger partial charge is 0.415 e. The van der Waals surface area contributed by atoms with Gasteiger partial charge in [-0.2, -0.15) is 5.10 Å². The summed E-state index contributed by atoms with van der Waals surface area (Å²) in [6.45, 7) is 0.325. The van der Waals surface area contributed by atoms with Gasteiger partial charge in [-0.25, -0.2) is 9.78 Å². The number of hydrogen-bond acceptors (Lipinski definition) is 4. The molecule has 17 heavy (non-hydrogen) atoms. The smallest absolute Gasteiger partial charge is 0.410 e. The number of carbonyl (C=O) groups is 1. The highest BCUT2D eigenvalue weighted by molar-refractivity contribution is 5.70. The SMILES string of the molecule is CN(Cc1ncn[nH]1)C(=O)Oc1ccccc1. The summed E-state index contributed by atoms with van der Waals surface area (Å²) in [7, 11) is 1.63. The predicted molar refractivity (Wildman–Crippen MR) is 60.3 cm³/mol. The van der Waals surface area contributed by atoms with Crippen LogP contribution >= 0.6 is 0 Å². The topological polar surface area (TPSA) is 71.1 Å². The molecule has 0 atom stereocenters. The number of benzene rings is 1. The van der Waals surface area contributed by atoms with Crippen molar-refractivity contribution < 1.29 is 9.53 Å². The number of nitrogens with zero attached hydrogens (tertiary/aromatic N) is 3. The van der Waals surface area contributed by atoms with Crippen LogP contribution in [0.4, 0.5) is 4.79 Å². The summed E-state index contributed by atoms with van der Waals surface area (Å²) in [6, 6.07) is 8.91. The summed E-state index contributed by atoms with van der Waals surface area (Å²) >= 11 is 0. The number of para-hydroxylation sites is 1. The number of amides is 1. The molecular formula is C11H12N4O2. The fourth-order valence-corrected chi connectivity index (χ4v) is 1.26. The van der Waals surface area contributed by atoms with Crippen molar-refractivity contribution >= 4 is 6.09 Å². The molecule has 6 heteroatoms. The lowest BCUT2D eigenvalue weighted by Gasteiger charge is -2.14. The third kappa shape index (κ3) is 3.04. The van der Waals surface area contributed by atoms with E-state index >= 15 is 0 Å². The Bertz CT molecular complexity index is 469. The summed E-state index contributed by atoms with van der Waals surface area (Å²) in [5, 5.41) is 6.38. The standard InChI is InChI=1S/C11H12N4O2/c1-15(7-10-12-8-13-14-10)11(16)17-9-5-3-2-4-6-9/h2-6,8H,7H2,1H3,(H,12,13,14). The minimum atomic E-state index is -0.437. The van der Waals surface area contributed by atoms with Gasteiger partial charge in [-0.3, -0.25) is 5.10 Å². The van der Waals surface area contributed by atoms with Gasteiger partial charge in [0.1, 0.15) is 17.9 Å². The van der Waals surface area contributed by atoms with Crippen LogP contribution in [0.5, 0.6) is 5.75 Å². The van der Waals surface area contributed by atoms with E-state index in [9.17, 15) is 4.79 Å². The molecule has 0 saturated carbocycles. The predicted octanol–water partition coefficient (Wildman–Crippen LogP) is 1.44. The zero-order chi connectivity index (χ0) is 12.1. The van der Waals surface area contributed by atoms with Gasteiger partial charge in [0.25, 0.3) is 0 Å². The third-order valence-corrected chi connectivity index (χ3v) is 2.11. The lowest BCUT2D eigenvalue weighted by molar-refractivity contribution is 0.159. The molecule has 0 aliphatic rings. The Morgan fingerprint density at radius 2 is 2.18 bits per heavy atom. The maximum atomic E-state index is 11.7. The van der Waals surface area contributed by atoms with Gasteiger partial charge in [0.15, 0.2) is 0 Å². The normalized spacial score (nSPS) is 9.94. The maximum Gasteiger partial charge on any atom is 0.415 e. The molecule has 2 rings (SSSR count). The van der Waals surface area contributed by atoms with Crippen molar-refractivity contribution in [2.24, 2.45) is 0 Å². The van der Waals surface area contributed by atoms with Crippen molar-refractivity contribution in [1.29, 1.82) is 0 Å². The van der Waals surface area contributed by atoms with E-state index in [0.29, 0.717) is 18.1 Å². The number of carbonyl (C=O) groups excluding carboxylic acids is 1. The molecule has 1 aromatic carbocycles. The molecule has 1 aromatic heterocycles. The Morgan fingerprint density at radius 3 is 2.82 bits per heavy atom. The zero-order valence-corrected chi connectivity index (χ0v) is 9.33. The molecule has 0 saturated heterocycles. The number of nitrogens with one attached hydrogen (secondary N) is 1. The van der Waals surface area contributed by atoms with Gasteiger partial charge >= 0.3 is 6.09 Å². The Balaban J connectivity index is 1.92. The number of aromatic amines is 1. The van der Waals surface area contributed by atoms with Crippen LogP contribution in [-0.2, 0) is 6.54 Å². The summed E-state index contributed by atoms with van der Waals surface area (Å²) in [6.07, 6.45) is 0.957. The molecule has 2 aromatic rings. The van der Waals surface area contributed by atoms with Crippen molar-refractivity contribution in [3.8, 4) is 5.75 Å². The van der Waals surface area contributed by atoms with Crippen LogP contribution in [0.15, 0.2) is 36.7 Å². The van der Waals surface area contributed by atoms with Crippen LogP contribution in [0, 0.1) is 0 Å². The fraction of sp³-hybridized carbons (Fsp3) is 0.182. The molecule has 0 fully saturated rings. The molecule has 1 heterocycles. The van der Waals surface area contributed by atoms with Crippen molar-refractivity contribution in [2.75, 3.05) is 7.05 Å². The highest BCUT2D eigenvalue weighted by atomic mass is 16.6. The summed E-state index contributed by atoms with van der Waals surface area (Å²) in [5.41, 5.74) is 0. The first-order chi connectivity index (χ1) is 8.25. The number of ether oxygens (including phenoxy) is 1. The number of aromatic nitrogens is 3. The van der Waals surface area contributed by atoms with E-state index in [-0.39, 0.29) is 0 Å². The Kier molecular flexibility index (Phi) is 3.34. The Morgan fingerprint density at radius 1 is 1.41 bits per heavy atom. The second-order valence-corrected chi connectivity index (χ2v) is 3.47. The lowest BCUT2D eigenvalue weighted by atomic mass is 10.3. The van der Waals surface area contributed by atoms with E-state index in [1.807, 2.05) is 6.07 Å². The minimum Gasteiger partial charge on any atom is -0.410 e. The average molecular weight is 232 g/mol. The third-order valence-electron chi connectivity index (χ3n) is 2.11. The van der Waals surface area contributed by atoms with Crippen molar-refractivity contribution in [3.05, 3.63) is 42.5 Å². The van der Waals surface area contributed by atoms with Gasteiger partial charge in [-0.05, 0) is 12.1 Å². The fourth-order valence-electron chi connectivity index (χ4n) is 1.26.